The fraction of sp³-hybridized carbons (Fsp3) is 0.533. The van der Waals surface area contributed by atoms with Crippen LogP contribution in [0.25, 0.3) is 0 Å². The Hall–Kier alpha value is -0.620. The SMILES string of the molecule is COCC1(CNC(=O)c2cc(Br)ccc2Cl)CCNCC1. The molecule has 116 valence electrons. The van der Waals surface area contributed by atoms with Gasteiger partial charge in [-0.3, -0.25) is 4.79 Å². The lowest BCUT2D eigenvalue weighted by atomic mass is 9.79. The second kappa shape index (κ2) is 7.58. The highest BCUT2D eigenvalue weighted by atomic mass is 79.9. The summed E-state index contributed by atoms with van der Waals surface area (Å²) in [5.41, 5.74) is 0.501. The number of rotatable bonds is 5. The van der Waals surface area contributed by atoms with Crippen LogP contribution in [0.1, 0.15) is 23.2 Å². The Morgan fingerprint density at radius 2 is 2.19 bits per heavy atom. The summed E-state index contributed by atoms with van der Waals surface area (Å²) in [6.07, 6.45) is 1.99. The summed E-state index contributed by atoms with van der Waals surface area (Å²) < 4.78 is 6.19. The Balaban J connectivity index is 2.03. The smallest absolute Gasteiger partial charge is 0.252 e. The van der Waals surface area contributed by atoms with Gasteiger partial charge in [-0.2, -0.15) is 0 Å². The molecule has 0 saturated carbocycles. The van der Waals surface area contributed by atoms with E-state index in [9.17, 15) is 4.79 Å². The summed E-state index contributed by atoms with van der Waals surface area (Å²) in [5.74, 6) is -0.143. The average Bonchev–Trinajstić information content (AvgIpc) is 2.49. The van der Waals surface area contributed by atoms with Crippen LogP contribution in [0.5, 0.6) is 0 Å². The highest BCUT2D eigenvalue weighted by Gasteiger charge is 2.32. The first-order valence-electron chi connectivity index (χ1n) is 6.99. The molecule has 1 aliphatic rings. The minimum absolute atomic E-state index is 0.00808. The quantitative estimate of drug-likeness (QED) is 0.832. The lowest BCUT2D eigenvalue weighted by Gasteiger charge is -2.37. The summed E-state index contributed by atoms with van der Waals surface area (Å²) in [6, 6.07) is 5.28. The van der Waals surface area contributed by atoms with Crippen LogP contribution in [0, 0.1) is 5.41 Å². The summed E-state index contributed by atoms with van der Waals surface area (Å²) in [5, 5.41) is 6.81. The second-order valence-corrected chi connectivity index (χ2v) is 6.81. The van der Waals surface area contributed by atoms with Gasteiger partial charge in [0.25, 0.3) is 5.91 Å². The number of halogens is 2. The van der Waals surface area contributed by atoms with Crippen LogP contribution in [-0.2, 0) is 4.74 Å². The number of carbonyl (C=O) groups excluding carboxylic acids is 1. The number of ether oxygens (including phenoxy) is 1. The number of piperidine rings is 1. The molecule has 0 atom stereocenters. The van der Waals surface area contributed by atoms with Gasteiger partial charge in [0.15, 0.2) is 0 Å². The average molecular weight is 376 g/mol. The molecule has 1 heterocycles. The van der Waals surface area contributed by atoms with E-state index in [1.165, 1.54) is 0 Å². The van der Waals surface area contributed by atoms with Crippen molar-refractivity contribution in [3.8, 4) is 0 Å². The maximum atomic E-state index is 12.3. The van der Waals surface area contributed by atoms with E-state index in [2.05, 4.69) is 26.6 Å². The van der Waals surface area contributed by atoms with Crippen molar-refractivity contribution in [3.63, 3.8) is 0 Å². The van der Waals surface area contributed by atoms with Crippen LogP contribution in [0.4, 0.5) is 0 Å². The zero-order chi connectivity index (χ0) is 15.3. The van der Waals surface area contributed by atoms with Crippen molar-refractivity contribution in [2.75, 3.05) is 33.4 Å². The molecule has 0 aromatic heterocycles. The van der Waals surface area contributed by atoms with Gasteiger partial charge in [0.2, 0.25) is 0 Å². The van der Waals surface area contributed by atoms with Gasteiger partial charge in [-0.1, -0.05) is 27.5 Å². The first-order chi connectivity index (χ1) is 10.1. The molecule has 21 heavy (non-hydrogen) atoms. The van der Waals surface area contributed by atoms with Crippen molar-refractivity contribution in [2.24, 2.45) is 5.41 Å². The molecule has 1 aliphatic heterocycles. The molecule has 1 fully saturated rings. The van der Waals surface area contributed by atoms with E-state index in [4.69, 9.17) is 16.3 Å². The van der Waals surface area contributed by atoms with Crippen molar-refractivity contribution in [3.05, 3.63) is 33.3 Å². The third-order valence-electron chi connectivity index (χ3n) is 3.91. The monoisotopic (exact) mass is 374 g/mol. The normalized spacial score (nSPS) is 17.5. The molecule has 0 spiro atoms. The predicted molar refractivity (Wildman–Crippen MR) is 87.9 cm³/mol. The van der Waals surface area contributed by atoms with Crippen molar-refractivity contribution in [1.82, 2.24) is 10.6 Å². The van der Waals surface area contributed by atoms with E-state index in [1.54, 1.807) is 19.2 Å². The lowest BCUT2D eigenvalue weighted by molar-refractivity contribution is 0.0512. The predicted octanol–water partition coefficient (Wildman–Crippen LogP) is 2.85. The Kier molecular flexibility index (Phi) is 6.05. The lowest BCUT2D eigenvalue weighted by Crippen LogP contribution is -2.47. The van der Waals surface area contributed by atoms with Gasteiger partial charge >= 0.3 is 0 Å². The van der Waals surface area contributed by atoms with Crippen LogP contribution < -0.4 is 10.6 Å². The third kappa shape index (κ3) is 4.42. The van der Waals surface area contributed by atoms with Crippen LogP contribution in [-0.4, -0.2) is 39.3 Å². The van der Waals surface area contributed by atoms with Gasteiger partial charge in [0.1, 0.15) is 0 Å². The van der Waals surface area contributed by atoms with Crippen molar-refractivity contribution >= 4 is 33.4 Å². The van der Waals surface area contributed by atoms with Crippen molar-refractivity contribution < 1.29 is 9.53 Å². The molecule has 1 amide bonds. The Morgan fingerprint density at radius 3 is 2.86 bits per heavy atom. The Labute approximate surface area is 138 Å². The van der Waals surface area contributed by atoms with Crippen molar-refractivity contribution in [1.29, 1.82) is 0 Å². The highest BCUT2D eigenvalue weighted by Crippen LogP contribution is 2.28. The molecule has 1 saturated heterocycles. The van der Waals surface area contributed by atoms with E-state index in [1.807, 2.05) is 6.07 Å². The van der Waals surface area contributed by atoms with E-state index in [0.717, 1.165) is 30.4 Å². The molecule has 0 unspecified atom stereocenters. The van der Waals surface area contributed by atoms with Gasteiger partial charge in [0.05, 0.1) is 17.2 Å². The zero-order valence-electron chi connectivity index (χ0n) is 12.0. The summed E-state index contributed by atoms with van der Waals surface area (Å²) in [4.78, 5) is 12.3. The van der Waals surface area contributed by atoms with Crippen LogP contribution in [0.3, 0.4) is 0 Å². The molecule has 6 heteroatoms. The number of nitrogens with one attached hydrogen (secondary N) is 2. The van der Waals surface area contributed by atoms with Crippen molar-refractivity contribution in [2.45, 2.75) is 12.8 Å². The fourth-order valence-corrected chi connectivity index (χ4v) is 3.23. The van der Waals surface area contributed by atoms with Gasteiger partial charge in [-0.25, -0.2) is 0 Å². The van der Waals surface area contributed by atoms with Gasteiger partial charge in [0, 0.05) is 23.5 Å². The second-order valence-electron chi connectivity index (χ2n) is 5.49. The minimum Gasteiger partial charge on any atom is -0.384 e. The third-order valence-corrected chi connectivity index (χ3v) is 4.73. The maximum absolute atomic E-state index is 12.3. The van der Waals surface area contributed by atoms with Gasteiger partial charge in [-0.15, -0.1) is 0 Å². The molecular formula is C15H20BrClN2O2. The molecule has 1 aromatic rings. The zero-order valence-corrected chi connectivity index (χ0v) is 14.4. The number of methoxy groups -OCH3 is 1. The maximum Gasteiger partial charge on any atom is 0.252 e. The number of benzene rings is 1. The van der Waals surface area contributed by atoms with Crippen LogP contribution in [0.15, 0.2) is 22.7 Å². The van der Waals surface area contributed by atoms with Crippen LogP contribution >= 0.6 is 27.5 Å². The van der Waals surface area contributed by atoms with Crippen LogP contribution in [0.2, 0.25) is 5.02 Å². The largest absolute Gasteiger partial charge is 0.384 e. The molecule has 2 N–H and O–H groups in total. The summed E-state index contributed by atoms with van der Waals surface area (Å²) in [6.45, 7) is 3.17. The fourth-order valence-electron chi connectivity index (χ4n) is 2.67. The molecule has 1 aromatic carbocycles. The van der Waals surface area contributed by atoms with E-state index in [-0.39, 0.29) is 11.3 Å². The minimum atomic E-state index is -0.143. The molecule has 0 aliphatic carbocycles. The Morgan fingerprint density at radius 1 is 1.48 bits per heavy atom. The van der Waals surface area contributed by atoms with E-state index < -0.39 is 0 Å². The molecule has 0 bridgehead atoms. The first kappa shape index (κ1) is 16.7. The Bertz CT molecular complexity index is 499. The first-order valence-corrected chi connectivity index (χ1v) is 8.16. The van der Waals surface area contributed by atoms with E-state index >= 15 is 0 Å². The topological polar surface area (TPSA) is 50.4 Å². The standard InChI is InChI=1S/C15H20BrClN2O2/c1-21-10-15(4-6-18-7-5-15)9-19-14(20)12-8-11(16)2-3-13(12)17/h2-3,8,18H,4-7,9-10H2,1H3,(H,19,20). The summed E-state index contributed by atoms with van der Waals surface area (Å²) >= 11 is 9.45. The number of hydrogen-bond donors (Lipinski definition) is 2. The highest BCUT2D eigenvalue weighted by molar-refractivity contribution is 9.10. The molecule has 4 nitrogen and oxygen atoms in total. The number of carbonyl (C=O) groups is 1. The molecule has 0 radical (unpaired) electrons. The van der Waals surface area contributed by atoms with E-state index in [0.29, 0.717) is 23.7 Å². The number of hydrogen-bond acceptors (Lipinski definition) is 3. The summed E-state index contributed by atoms with van der Waals surface area (Å²) in [7, 11) is 1.71. The molecule has 2 rings (SSSR count). The van der Waals surface area contributed by atoms with Gasteiger partial charge in [-0.05, 0) is 44.1 Å². The van der Waals surface area contributed by atoms with Gasteiger partial charge < -0.3 is 15.4 Å². The number of amides is 1. The molecular weight excluding hydrogens is 356 g/mol.